The van der Waals surface area contributed by atoms with Crippen LogP contribution < -0.4 is 4.73 Å². The van der Waals surface area contributed by atoms with Gasteiger partial charge < -0.3 is 5.21 Å². The van der Waals surface area contributed by atoms with E-state index in [9.17, 15) is 19.7 Å². The Morgan fingerprint density at radius 1 is 1.69 bits per heavy atom. The Balaban J connectivity index is 3.50. The third-order valence-corrected chi connectivity index (χ3v) is 1.77. The zero-order valence-corrected chi connectivity index (χ0v) is 7.21. The highest BCUT2D eigenvalue weighted by Crippen LogP contribution is 2.21. The van der Waals surface area contributed by atoms with Crippen molar-refractivity contribution in [3.05, 3.63) is 38.1 Å². The Morgan fingerprint density at radius 2 is 2.23 bits per heavy atom. The van der Waals surface area contributed by atoms with Gasteiger partial charge in [0.2, 0.25) is 0 Å². The molecule has 0 fully saturated rings. The molecule has 0 N–H and O–H groups in total. The van der Waals surface area contributed by atoms with Gasteiger partial charge in [0.15, 0.2) is 5.69 Å². The fourth-order valence-corrected chi connectivity index (χ4v) is 1.03. The summed E-state index contributed by atoms with van der Waals surface area (Å²) >= 11 is 5.20. The normalized spacial score (nSPS) is 10.1. The van der Waals surface area contributed by atoms with E-state index in [1.165, 1.54) is 6.92 Å². The minimum Gasteiger partial charge on any atom is -0.617 e. The van der Waals surface area contributed by atoms with E-state index in [2.05, 4.69) is 0 Å². The van der Waals surface area contributed by atoms with Gasteiger partial charge in [0.25, 0.3) is 5.82 Å². The van der Waals surface area contributed by atoms with Gasteiger partial charge in [-0.2, -0.15) is 9.12 Å². The molecule has 0 aliphatic heterocycles. The second-order valence-corrected chi connectivity index (χ2v) is 2.69. The lowest BCUT2D eigenvalue weighted by Gasteiger charge is -2.02. The Kier molecular flexibility index (Phi) is 2.33. The maximum absolute atomic E-state index is 12.9. The van der Waals surface area contributed by atoms with Crippen molar-refractivity contribution in [2.75, 3.05) is 0 Å². The van der Waals surface area contributed by atoms with Crippen LogP contribution in [0.4, 0.5) is 10.1 Å². The second-order valence-electron chi connectivity index (χ2n) is 2.33. The van der Waals surface area contributed by atoms with E-state index in [0.29, 0.717) is 0 Å². The Labute approximate surface area is 77.1 Å². The van der Waals surface area contributed by atoms with Crippen molar-refractivity contribution in [1.29, 1.82) is 0 Å². The zero-order valence-electron chi connectivity index (χ0n) is 6.45. The number of rotatable bonds is 1. The van der Waals surface area contributed by atoms with Crippen LogP contribution in [0.15, 0.2) is 6.07 Å². The molecule has 0 spiro atoms. The first-order valence-electron chi connectivity index (χ1n) is 3.17. The molecule has 1 heterocycles. The molecule has 0 radical (unpaired) electrons. The molecule has 0 atom stereocenters. The minimum absolute atomic E-state index is 0.0295. The molecule has 1 aromatic heterocycles. The number of halogens is 2. The lowest BCUT2D eigenvalue weighted by molar-refractivity contribution is -0.612. The summed E-state index contributed by atoms with van der Waals surface area (Å²) < 4.78 is 13.0. The van der Waals surface area contributed by atoms with E-state index in [1.54, 1.807) is 0 Å². The van der Waals surface area contributed by atoms with Gasteiger partial charge in [-0.1, -0.05) is 0 Å². The molecular formula is C6H4ClFN2O3. The van der Waals surface area contributed by atoms with Crippen LogP contribution in [0.2, 0.25) is 5.15 Å². The molecule has 0 aliphatic rings. The van der Waals surface area contributed by atoms with Crippen molar-refractivity contribution >= 4 is 17.3 Å². The number of aromatic nitrogens is 1. The Hall–Kier alpha value is -1.43. The van der Waals surface area contributed by atoms with Gasteiger partial charge >= 0.3 is 10.8 Å². The monoisotopic (exact) mass is 206 g/mol. The number of aryl methyl sites for hydroxylation is 1. The largest absolute Gasteiger partial charge is 0.617 e. The molecule has 0 aromatic carbocycles. The lowest BCUT2D eigenvalue weighted by Crippen LogP contribution is -2.32. The van der Waals surface area contributed by atoms with E-state index >= 15 is 0 Å². The molecular weight excluding hydrogens is 203 g/mol. The van der Waals surface area contributed by atoms with Crippen molar-refractivity contribution in [1.82, 2.24) is 0 Å². The van der Waals surface area contributed by atoms with Crippen LogP contribution >= 0.6 is 11.6 Å². The molecule has 0 amide bonds. The first-order valence-corrected chi connectivity index (χ1v) is 3.55. The first-order chi connectivity index (χ1) is 5.95. The SMILES string of the molecule is Cc1cc([N+](=O)[O-])c(F)c(Cl)[n+]1[O-]. The summed E-state index contributed by atoms with van der Waals surface area (Å²) in [6, 6.07) is 0.828. The summed E-state index contributed by atoms with van der Waals surface area (Å²) in [5, 5.41) is 20.3. The van der Waals surface area contributed by atoms with Crippen LogP contribution in [0.25, 0.3) is 0 Å². The molecule has 0 saturated carbocycles. The van der Waals surface area contributed by atoms with Gasteiger partial charge in [-0.05, 0) is 11.6 Å². The maximum Gasteiger partial charge on any atom is 0.330 e. The van der Waals surface area contributed by atoms with E-state index in [0.717, 1.165) is 6.07 Å². The van der Waals surface area contributed by atoms with Crippen molar-refractivity contribution in [3.63, 3.8) is 0 Å². The smallest absolute Gasteiger partial charge is 0.330 e. The van der Waals surface area contributed by atoms with Crippen LogP contribution in [-0.2, 0) is 0 Å². The molecule has 0 aliphatic carbocycles. The summed E-state index contributed by atoms with van der Waals surface area (Å²) in [6.45, 7) is 1.30. The van der Waals surface area contributed by atoms with E-state index in [4.69, 9.17) is 11.6 Å². The zero-order chi connectivity index (χ0) is 10.2. The Morgan fingerprint density at radius 3 is 2.69 bits per heavy atom. The van der Waals surface area contributed by atoms with Crippen LogP contribution in [0.5, 0.6) is 0 Å². The maximum atomic E-state index is 12.9. The molecule has 5 nitrogen and oxygen atoms in total. The van der Waals surface area contributed by atoms with Gasteiger partial charge in [-0.3, -0.25) is 10.1 Å². The van der Waals surface area contributed by atoms with Gasteiger partial charge in [-0.15, -0.1) is 0 Å². The number of pyridine rings is 1. The predicted molar refractivity (Wildman–Crippen MR) is 41.8 cm³/mol. The third-order valence-electron chi connectivity index (χ3n) is 1.45. The highest BCUT2D eigenvalue weighted by atomic mass is 35.5. The average molecular weight is 207 g/mol. The quantitative estimate of drug-likeness (QED) is 0.229. The molecule has 70 valence electrons. The summed E-state index contributed by atoms with van der Waals surface area (Å²) in [5.41, 5.74) is -0.826. The highest BCUT2D eigenvalue weighted by molar-refractivity contribution is 6.28. The van der Waals surface area contributed by atoms with Crippen molar-refractivity contribution in [2.24, 2.45) is 0 Å². The fourth-order valence-electron chi connectivity index (χ4n) is 0.802. The second kappa shape index (κ2) is 3.14. The van der Waals surface area contributed by atoms with E-state index in [-0.39, 0.29) is 10.4 Å². The number of nitro groups is 1. The lowest BCUT2D eigenvalue weighted by atomic mass is 10.3. The van der Waals surface area contributed by atoms with Gasteiger partial charge in [0, 0.05) is 6.92 Å². The molecule has 0 saturated heterocycles. The molecule has 0 bridgehead atoms. The van der Waals surface area contributed by atoms with Crippen LogP contribution in [-0.4, -0.2) is 4.92 Å². The topological polar surface area (TPSA) is 70.1 Å². The molecule has 1 rings (SSSR count). The summed E-state index contributed by atoms with van der Waals surface area (Å²) in [6.07, 6.45) is 0. The minimum atomic E-state index is -1.31. The average Bonchev–Trinajstić information content (AvgIpc) is 2.07. The number of hydrogen-bond acceptors (Lipinski definition) is 3. The third kappa shape index (κ3) is 1.52. The number of nitrogens with zero attached hydrogens (tertiary/aromatic N) is 2. The van der Waals surface area contributed by atoms with Gasteiger partial charge in [-0.25, -0.2) is 0 Å². The molecule has 1 aromatic rings. The Bertz CT molecular complexity index is 383. The van der Waals surface area contributed by atoms with Crippen LogP contribution in [0.1, 0.15) is 5.69 Å². The predicted octanol–water partition coefficient (Wildman–Crippen LogP) is 1.33. The summed E-state index contributed by atoms with van der Waals surface area (Å²) in [7, 11) is 0. The summed E-state index contributed by atoms with van der Waals surface area (Å²) in [5.74, 6) is -1.31. The number of hydrogen-bond donors (Lipinski definition) is 0. The van der Waals surface area contributed by atoms with Crippen molar-refractivity contribution in [2.45, 2.75) is 6.92 Å². The highest BCUT2D eigenvalue weighted by Gasteiger charge is 2.26. The van der Waals surface area contributed by atoms with Crippen LogP contribution in [0, 0.1) is 28.1 Å². The standard InChI is InChI=1S/C6H4ClFN2O3/c1-3-2-4(10(12)13)5(8)6(7)9(3)11/h2H,1H3. The molecule has 0 unspecified atom stereocenters. The van der Waals surface area contributed by atoms with Gasteiger partial charge in [0.1, 0.15) is 0 Å². The van der Waals surface area contributed by atoms with Crippen LogP contribution in [0.3, 0.4) is 0 Å². The first kappa shape index (κ1) is 9.66. The molecule has 7 heteroatoms. The van der Waals surface area contributed by atoms with Crippen molar-refractivity contribution in [3.8, 4) is 0 Å². The van der Waals surface area contributed by atoms with Crippen molar-refractivity contribution < 1.29 is 14.0 Å². The van der Waals surface area contributed by atoms with E-state index in [1.807, 2.05) is 0 Å². The molecule has 13 heavy (non-hydrogen) atoms. The summed E-state index contributed by atoms with van der Waals surface area (Å²) in [4.78, 5) is 9.30. The fraction of sp³-hybridized carbons (Fsp3) is 0.167. The van der Waals surface area contributed by atoms with Gasteiger partial charge in [0.05, 0.1) is 11.0 Å². The van der Waals surface area contributed by atoms with E-state index < -0.39 is 21.6 Å².